The Morgan fingerprint density at radius 3 is 1.11 bits per heavy atom. The Labute approximate surface area is 382 Å². The predicted molar refractivity (Wildman–Crippen MR) is 277 cm³/mol. The number of benzene rings is 10. The fraction of sp³-hybridized carbons (Fsp3) is 0.0323. The standard InChI is InChI=1S/C38H32N2.C24H17N/c1-29-11-9-17-37(27-29)39(33-13-5-3-6-14-33)35-23-19-31(20-24-35)32-21-25-36(26-22-32)40(34-15-7-4-8-16-34)38-18-10-12-30(2)28-38;1-2-10-18(11-3-1)19-12-4-7-15-22(19)25-23-16-8-5-13-20(23)21-14-6-9-17-24(21)25/h3-28H,1-2H3;1-17H. The second-order valence-corrected chi connectivity index (χ2v) is 16.4. The molecule has 0 atom stereocenters. The van der Waals surface area contributed by atoms with Crippen molar-refractivity contribution in [2.75, 3.05) is 9.80 Å². The van der Waals surface area contributed by atoms with Crippen molar-refractivity contribution in [3.63, 3.8) is 0 Å². The van der Waals surface area contributed by atoms with Gasteiger partial charge < -0.3 is 14.4 Å². The second-order valence-electron chi connectivity index (χ2n) is 16.4. The zero-order valence-electron chi connectivity index (χ0n) is 36.7. The highest BCUT2D eigenvalue weighted by Gasteiger charge is 2.16. The van der Waals surface area contributed by atoms with E-state index in [0.29, 0.717) is 0 Å². The molecule has 0 N–H and O–H groups in total. The Bertz CT molecular complexity index is 3130. The maximum absolute atomic E-state index is 2.38. The number of para-hydroxylation sites is 5. The molecule has 11 rings (SSSR count). The minimum absolute atomic E-state index is 1.13. The summed E-state index contributed by atoms with van der Waals surface area (Å²) in [5, 5.41) is 2.59. The molecular weight excluding hydrogens is 787 g/mol. The lowest BCUT2D eigenvalue weighted by molar-refractivity contribution is 1.18. The van der Waals surface area contributed by atoms with Gasteiger partial charge in [0.1, 0.15) is 0 Å². The third-order valence-electron chi connectivity index (χ3n) is 11.9. The summed E-state index contributed by atoms with van der Waals surface area (Å²) in [5.74, 6) is 0. The molecule has 0 saturated heterocycles. The number of rotatable bonds is 9. The van der Waals surface area contributed by atoms with Gasteiger partial charge in [0, 0.05) is 50.5 Å². The van der Waals surface area contributed by atoms with E-state index < -0.39 is 0 Å². The number of nitrogens with zero attached hydrogens (tertiary/aromatic N) is 3. The van der Waals surface area contributed by atoms with E-state index in [-0.39, 0.29) is 0 Å². The summed E-state index contributed by atoms with van der Waals surface area (Å²) < 4.78 is 2.38. The predicted octanol–water partition coefficient (Wildman–Crippen LogP) is 17.4. The Kier molecular flexibility index (Phi) is 11.6. The van der Waals surface area contributed by atoms with Crippen molar-refractivity contribution in [3.8, 4) is 27.9 Å². The first-order valence-electron chi connectivity index (χ1n) is 22.3. The van der Waals surface area contributed by atoms with Crippen LogP contribution < -0.4 is 9.80 Å². The van der Waals surface area contributed by atoms with Crippen molar-refractivity contribution in [2.24, 2.45) is 0 Å². The third-order valence-corrected chi connectivity index (χ3v) is 11.9. The minimum atomic E-state index is 1.13. The van der Waals surface area contributed by atoms with E-state index in [9.17, 15) is 0 Å². The molecule has 0 amide bonds. The highest BCUT2D eigenvalue weighted by atomic mass is 15.1. The summed E-state index contributed by atoms with van der Waals surface area (Å²) in [6.07, 6.45) is 0. The Hall–Kier alpha value is -8.40. The normalized spacial score (nSPS) is 10.9. The molecule has 0 unspecified atom stereocenters. The molecule has 0 aliphatic carbocycles. The van der Waals surface area contributed by atoms with Crippen molar-refractivity contribution in [2.45, 2.75) is 13.8 Å². The molecule has 0 aliphatic rings. The first-order chi connectivity index (χ1) is 32.1. The molecule has 3 nitrogen and oxygen atoms in total. The van der Waals surface area contributed by atoms with Crippen LogP contribution in [0, 0.1) is 13.8 Å². The maximum Gasteiger partial charge on any atom is 0.0541 e. The van der Waals surface area contributed by atoms with Crippen molar-refractivity contribution in [1.29, 1.82) is 0 Å². The van der Waals surface area contributed by atoms with Gasteiger partial charge in [0.2, 0.25) is 0 Å². The van der Waals surface area contributed by atoms with E-state index in [0.717, 1.165) is 34.1 Å². The molecular formula is C62H49N3. The van der Waals surface area contributed by atoms with Gasteiger partial charge >= 0.3 is 0 Å². The first-order valence-corrected chi connectivity index (χ1v) is 22.3. The minimum Gasteiger partial charge on any atom is -0.310 e. The zero-order valence-corrected chi connectivity index (χ0v) is 36.7. The van der Waals surface area contributed by atoms with E-state index in [1.807, 2.05) is 0 Å². The molecule has 11 aromatic rings. The van der Waals surface area contributed by atoms with E-state index in [1.54, 1.807) is 0 Å². The Morgan fingerprint density at radius 2 is 0.646 bits per heavy atom. The van der Waals surface area contributed by atoms with Crippen LogP contribution in [-0.4, -0.2) is 4.57 Å². The van der Waals surface area contributed by atoms with Gasteiger partial charge in [-0.2, -0.15) is 0 Å². The summed E-state index contributed by atoms with van der Waals surface area (Å²) in [4.78, 5) is 4.61. The molecule has 0 bridgehead atoms. The lowest BCUT2D eigenvalue weighted by atomic mass is 10.0. The SMILES string of the molecule is Cc1cccc(N(c2ccccc2)c2ccc(-c3ccc(N(c4ccccc4)c4cccc(C)c4)cc3)cc2)c1.c1ccc(-c2ccccc2-n2c3ccccc3c3ccccc32)cc1. The Balaban J connectivity index is 0.000000170. The molecule has 0 saturated carbocycles. The fourth-order valence-corrected chi connectivity index (χ4v) is 8.90. The quantitative estimate of drug-likeness (QED) is 0.143. The summed E-state index contributed by atoms with van der Waals surface area (Å²) in [6.45, 7) is 4.27. The maximum atomic E-state index is 2.38. The topological polar surface area (TPSA) is 11.4 Å². The zero-order chi connectivity index (χ0) is 44.0. The van der Waals surface area contributed by atoms with Crippen LogP contribution in [0.2, 0.25) is 0 Å². The number of anilines is 6. The van der Waals surface area contributed by atoms with Crippen molar-refractivity contribution in [1.82, 2.24) is 4.57 Å². The van der Waals surface area contributed by atoms with E-state index in [1.165, 1.54) is 60.9 Å². The summed E-state index contributed by atoms with van der Waals surface area (Å²) in [6, 6.07) is 92.6. The molecule has 1 heterocycles. The highest BCUT2D eigenvalue weighted by Crippen LogP contribution is 2.39. The van der Waals surface area contributed by atoms with Crippen LogP contribution in [0.3, 0.4) is 0 Å². The average molecular weight is 836 g/mol. The van der Waals surface area contributed by atoms with Gasteiger partial charge in [-0.3, -0.25) is 0 Å². The monoisotopic (exact) mass is 835 g/mol. The Morgan fingerprint density at radius 1 is 0.277 bits per heavy atom. The smallest absolute Gasteiger partial charge is 0.0541 e. The van der Waals surface area contributed by atoms with Gasteiger partial charge in [0.15, 0.2) is 0 Å². The van der Waals surface area contributed by atoms with Gasteiger partial charge in [0.25, 0.3) is 0 Å². The lowest BCUT2D eigenvalue weighted by Gasteiger charge is -2.26. The van der Waals surface area contributed by atoms with Crippen molar-refractivity contribution >= 4 is 55.9 Å². The van der Waals surface area contributed by atoms with Gasteiger partial charge in [0.05, 0.1) is 16.7 Å². The van der Waals surface area contributed by atoms with E-state index in [2.05, 4.69) is 289 Å². The first kappa shape index (κ1) is 40.7. The molecule has 0 aliphatic heterocycles. The molecule has 1 aromatic heterocycles. The summed E-state index contributed by atoms with van der Waals surface area (Å²) in [7, 11) is 0. The van der Waals surface area contributed by atoms with Gasteiger partial charge in [-0.15, -0.1) is 0 Å². The second kappa shape index (κ2) is 18.5. The largest absolute Gasteiger partial charge is 0.310 e. The molecule has 0 fully saturated rings. The number of hydrogen-bond donors (Lipinski definition) is 0. The van der Waals surface area contributed by atoms with Gasteiger partial charge in [-0.25, -0.2) is 0 Å². The van der Waals surface area contributed by atoms with Crippen LogP contribution in [0.5, 0.6) is 0 Å². The number of aryl methyl sites for hydroxylation is 2. The summed E-state index contributed by atoms with van der Waals surface area (Å²) in [5.41, 5.74) is 17.9. The van der Waals surface area contributed by atoms with Gasteiger partial charge in [-0.05, 0) is 133 Å². The lowest BCUT2D eigenvalue weighted by Crippen LogP contribution is -2.10. The molecule has 312 valence electrons. The van der Waals surface area contributed by atoms with Gasteiger partial charge in [-0.1, -0.05) is 170 Å². The molecule has 0 radical (unpaired) electrons. The van der Waals surface area contributed by atoms with Crippen molar-refractivity contribution in [3.05, 3.63) is 272 Å². The highest BCUT2D eigenvalue weighted by molar-refractivity contribution is 6.09. The van der Waals surface area contributed by atoms with Crippen LogP contribution in [0.4, 0.5) is 34.1 Å². The number of hydrogen-bond acceptors (Lipinski definition) is 2. The molecule has 3 heteroatoms. The van der Waals surface area contributed by atoms with E-state index >= 15 is 0 Å². The molecule has 10 aromatic carbocycles. The summed E-state index contributed by atoms with van der Waals surface area (Å²) >= 11 is 0. The van der Waals surface area contributed by atoms with Crippen LogP contribution in [0.15, 0.2) is 261 Å². The van der Waals surface area contributed by atoms with E-state index in [4.69, 9.17) is 0 Å². The number of fused-ring (bicyclic) bond motifs is 3. The van der Waals surface area contributed by atoms with Crippen LogP contribution in [-0.2, 0) is 0 Å². The van der Waals surface area contributed by atoms with Crippen LogP contribution in [0.1, 0.15) is 11.1 Å². The third kappa shape index (κ3) is 8.56. The van der Waals surface area contributed by atoms with Crippen molar-refractivity contribution < 1.29 is 0 Å². The van der Waals surface area contributed by atoms with Crippen LogP contribution in [0.25, 0.3) is 49.7 Å². The molecule has 0 spiro atoms. The fourth-order valence-electron chi connectivity index (χ4n) is 8.90. The van der Waals surface area contributed by atoms with Crippen LogP contribution >= 0.6 is 0 Å². The number of aromatic nitrogens is 1. The average Bonchev–Trinajstić information content (AvgIpc) is 3.70. The molecule has 65 heavy (non-hydrogen) atoms.